The second-order valence-electron chi connectivity index (χ2n) is 15.0. The molecule has 1 aromatic heterocycles. The van der Waals surface area contributed by atoms with Crippen molar-refractivity contribution >= 4 is 29.5 Å². The Kier molecular flexibility index (Phi) is 15.1. The number of alkyl carbamates (subject to hydrolysis) is 1. The zero-order valence-corrected chi connectivity index (χ0v) is 32.6. The maximum Gasteiger partial charge on any atom is 0.408 e. The first-order valence-electron chi connectivity index (χ1n) is 18.6. The topological polar surface area (TPSA) is 155 Å². The normalized spacial score (nSPS) is 16.4. The molecule has 1 unspecified atom stereocenters. The summed E-state index contributed by atoms with van der Waals surface area (Å²) in [6.07, 6.45) is 7.60. The number of rotatable bonds is 14. The number of carbonyl (C=O) groups is 5. The van der Waals surface area contributed by atoms with E-state index >= 15 is 0 Å². The number of hydrogen-bond donors (Lipinski definition) is 2. The number of Topliss-reactive ketones (excluding diaryl/α,β-unsaturated/α-hetero) is 1. The van der Waals surface area contributed by atoms with Crippen LogP contribution in [0.25, 0.3) is 0 Å². The molecule has 292 valence electrons. The van der Waals surface area contributed by atoms with Crippen LogP contribution in [0.4, 0.5) is 4.79 Å². The van der Waals surface area contributed by atoms with Crippen LogP contribution in [0.15, 0.2) is 84.8 Å². The van der Waals surface area contributed by atoms with Gasteiger partial charge in [-0.15, -0.1) is 0 Å². The van der Waals surface area contributed by atoms with Crippen LogP contribution in [-0.4, -0.2) is 69.5 Å². The minimum atomic E-state index is -1.45. The number of hydrogen-bond acceptors (Lipinski definition) is 9. The standard InChI is InChI=1S/C43H52N4O8/c1-7-54-39(50)33-21-15-14-18-31(24-33)25-37(49)38(32-19-12-9-13-20-32)47-26-34(44-29-47)22-23-36(48)35(28-53-27-30-16-10-8-11-17-30)45-40(51)43(5,6)46-41(52)55-42(2,3)4/h8-13,16-17,19-20,25-26,29,33,35,38H,7,14-15,18,21,24,27-28H2,1-6H3,(H,45,51)(H,46,52)/t33-,35+,38?/m0/s1. The fourth-order valence-corrected chi connectivity index (χ4v) is 6.02. The smallest absolute Gasteiger partial charge is 0.408 e. The number of ketones is 2. The van der Waals surface area contributed by atoms with Crippen molar-refractivity contribution in [1.29, 1.82) is 0 Å². The lowest BCUT2D eigenvalue weighted by Gasteiger charge is -2.29. The maximum absolute atomic E-state index is 14.0. The Bertz CT molecular complexity index is 1880. The van der Waals surface area contributed by atoms with Crippen molar-refractivity contribution in [2.75, 3.05) is 13.2 Å². The van der Waals surface area contributed by atoms with Crippen molar-refractivity contribution in [1.82, 2.24) is 20.2 Å². The highest BCUT2D eigenvalue weighted by molar-refractivity contribution is 6.03. The Morgan fingerprint density at radius 2 is 1.67 bits per heavy atom. The SMILES string of the molecule is CCOC(=O)[C@H]1CCCCC(=CC(=O)C(c2ccccc2)n2cnc(C#CC(=O)[C@@H](COCc3ccccc3)NC(=O)C(C)(C)NC(=O)OC(C)(C)C)c2)C1. The van der Waals surface area contributed by atoms with Gasteiger partial charge in [-0.05, 0) is 96.3 Å². The van der Waals surface area contributed by atoms with Gasteiger partial charge in [0.1, 0.15) is 28.9 Å². The molecule has 0 radical (unpaired) electrons. The van der Waals surface area contributed by atoms with E-state index in [-0.39, 0.29) is 36.6 Å². The molecule has 0 bridgehead atoms. The minimum Gasteiger partial charge on any atom is -0.466 e. The maximum atomic E-state index is 14.0. The number of allylic oxidation sites excluding steroid dienone is 2. The third-order valence-corrected chi connectivity index (χ3v) is 8.77. The summed E-state index contributed by atoms with van der Waals surface area (Å²) in [6, 6.07) is 16.7. The summed E-state index contributed by atoms with van der Waals surface area (Å²) < 4.78 is 18.1. The van der Waals surface area contributed by atoms with Crippen LogP contribution in [0.2, 0.25) is 0 Å². The van der Waals surface area contributed by atoms with Crippen LogP contribution < -0.4 is 10.6 Å². The highest BCUT2D eigenvalue weighted by atomic mass is 16.6. The summed E-state index contributed by atoms with van der Waals surface area (Å²) in [4.78, 5) is 70.4. The molecule has 2 N–H and O–H groups in total. The second kappa shape index (κ2) is 19.7. The van der Waals surface area contributed by atoms with Gasteiger partial charge in [0.15, 0.2) is 5.78 Å². The molecule has 0 aliphatic heterocycles. The van der Waals surface area contributed by atoms with Gasteiger partial charge in [-0.3, -0.25) is 19.2 Å². The van der Waals surface area contributed by atoms with Gasteiger partial charge in [0.05, 0.1) is 32.1 Å². The lowest BCUT2D eigenvalue weighted by Crippen LogP contribution is -2.59. The number of imidazole rings is 1. The summed E-state index contributed by atoms with van der Waals surface area (Å²) in [5.74, 6) is 3.38. The van der Waals surface area contributed by atoms with Crippen molar-refractivity contribution in [3.63, 3.8) is 0 Å². The van der Waals surface area contributed by atoms with E-state index in [2.05, 4.69) is 27.5 Å². The van der Waals surface area contributed by atoms with Gasteiger partial charge in [0.25, 0.3) is 0 Å². The molecule has 1 aliphatic carbocycles. The van der Waals surface area contributed by atoms with E-state index < -0.39 is 41.0 Å². The molecule has 0 saturated heterocycles. The van der Waals surface area contributed by atoms with Crippen LogP contribution in [0.3, 0.4) is 0 Å². The van der Waals surface area contributed by atoms with E-state index in [4.69, 9.17) is 14.2 Å². The molecule has 0 spiro atoms. The molecule has 4 rings (SSSR count). The first-order chi connectivity index (χ1) is 26.1. The van der Waals surface area contributed by atoms with Gasteiger partial charge >= 0.3 is 12.1 Å². The van der Waals surface area contributed by atoms with Gasteiger partial charge in [-0.25, -0.2) is 9.78 Å². The molecular weight excluding hydrogens is 700 g/mol. The van der Waals surface area contributed by atoms with Crippen LogP contribution in [0, 0.1) is 17.8 Å². The Morgan fingerprint density at radius 3 is 2.35 bits per heavy atom. The quantitative estimate of drug-likeness (QED) is 0.0869. The van der Waals surface area contributed by atoms with Crippen molar-refractivity contribution in [3.8, 4) is 11.8 Å². The fourth-order valence-electron chi connectivity index (χ4n) is 6.02. The highest BCUT2D eigenvalue weighted by Crippen LogP contribution is 2.30. The van der Waals surface area contributed by atoms with Gasteiger partial charge in [-0.2, -0.15) is 0 Å². The molecule has 2 aromatic carbocycles. The summed E-state index contributed by atoms with van der Waals surface area (Å²) in [7, 11) is 0. The van der Waals surface area contributed by atoms with Gasteiger partial charge in [0, 0.05) is 6.20 Å². The summed E-state index contributed by atoms with van der Waals surface area (Å²) in [5.41, 5.74) is 0.511. The number of nitrogens with zero attached hydrogens (tertiary/aromatic N) is 2. The molecule has 12 nitrogen and oxygen atoms in total. The predicted molar refractivity (Wildman–Crippen MR) is 206 cm³/mol. The molecule has 1 fully saturated rings. The van der Waals surface area contributed by atoms with Crippen LogP contribution in [0.5, 0.6) is 0 Å². The monoisotopic (exact) mass is 752 g/mol. The Hall–Kier alpha value is -5.54. The molecule has 3 atom stereocenters. The zero-order chi connectivity index (χ0) is 40.0. The van der Waals surface area contributed by atoms with E-state index in [0.717, 1.165) is 36.0 Å². The number of carbonyl (C=O) groups excluding carboxylic acids is 5. The number of esters is 1. The largest absolute Gasteiger partial charge is 0.466 e. The van der Waals surface area contributed by atoms with Gasteiger partial charge < -0.3 is 29.4 Å². The second-order valence-corrected chi connectivity index (χ2v) is 15.0. The number of amides is 2. The lowest BCUT2D eigenvalue weighted by atomic mass is 9.94. The zero-order valence-electron chi connectivity index (χ0n) is 32.6. The van der Waals surface area contributed by atoms with Gasteiger partial charge in [0.2, 0.25) is 11.7 Å². The molecule has 55 heavy (non-hydrogen) atoms. The molecule has 1 aliphatic rings. The van der Waals surface area contributed by atoms with Crippen molar-refractivity contribution < 1.29 is 38.2 Å². The van der Waals surface area contributed by atoms with Crippen molar-refractivity contribution in [3.05, 3.63) is 102 Å². The van der Waals surface area contributed by atoms with Gasteiger partial charge in [-0.1, -0.05) is 72.7 Å². The third-order valence-electron chi connectivity index (χ3n) is 8.77. The minimum absolute atomic E-state index is 0.181. The van der Waals surface area contributed by atoms with E-state index in [1.54, 1.807) is 44.5 Å². The molecule has 2 amide bonds. The first-order valence-corrected chi connectivity index (χ1v) is 18.6. The number of nitrogens with one attached hydrogen (secondary N) is 2. The Balaban J connectivity index is 1.55. The molecule has 12 heteroatoms. The van der Waals surface area contributed by atoms with E-state index in [1.165, 1.54) is 20.2 Å². The highest BCUT2D eigenvalue weighted by Gasteiger charge is 2.34. The Morgan fingerprint density at radius 1 is 0.982 bits per heavy atom. The molecular formula is C43H52N4O8. The van der Waals surface area contributed by atoms with Crippen LogP contribution in [0.1, 0.15) is 96.5 Å². The summed E-state index contributed by atoms with van der Waals surface area (Å²) in [6.45, 7) is 10.2. The number of aromatic nitrogens is 2. The fraction of sp³-hybridized carbons (Fsp3) is 0.442. The van der Waals surface area contributed by atoms with Crippen molar-refractivity contribution in [2.24, 2.45) is 5.92 Å². The van der Waals surface area contributed by atoms with E-state index in [1.807, 2.05) is 60.7 Å². The van der Waals surface area contributed by atoms with Crippen LogP contribution >= 0.6 is 0 Å². The Labute approximate surface area is 323 Å². The van der Waals surface area contributed by atoms with Crippen molar-refractivity contribution in [2.45, 2.75) is 103 Å². The molecule has 1 heterocycles. The van der Waals surface area contributed by atoms with Crippen LogP contribution in [-0.2, 0) is 40.0 Å². The van der Waals surface area contributed by atoms with E-state index in [9.17, 15) is 24.0 Å². The lowest BCUT2D eigenvalue weighted by molar-refractivity contribution is -0.148. The molecule has 1 saturated carbocycles. The third kappa shape index (κ3) is 13.4. The number of ether oxygens (including phenoxy) is 3. The summed E-state index contributed by atoms with van der Waals surface area (Å²) in [5, 5.41) is 5.22. The summed E-state index contributed by atoms with van der Waals surface area (Å²) >= 11 is 0. The number of benzene rings is 2. The van der Waals surface area contributed by atoms with E-state index in [0.29, 0.717) is 19.4 Å². The molecule has 3 aromatic rings. The average Bonchev–Trinajstić information content (AvgIpc) is 3.46. The average molecular weight is 753 g/mol. The first kappa shape index (κ1) is 42.2. The predicted octanol–water partition coefficient (Wildman–Crippen LogP) is 6.04.